The summed E-state index contributed by atoms with van der Waals surface area (Å²) in [6, 6.07) is 2.86. The Hall–Kier alpha value is -1.00. The molecule has 0 saturated carbocycles. The fraction of sp³-hybridized carbons (Fsp3) is 0.500. The molecule has 0 aliphatic rings. The summed E-state index contributed by atoms with van der Waals surface area (Å²) in [7, 11) is -0.872. The van der Waals surface area contributed by atoms with Crippen LogP contribution in [0.15, 0.2) is 16.3 Å². The molecule has 2 N–H and O–H groups in total. The Balaban J connectivity index is 2.72. The van der Waals surface area contributed by atoms with Gasteiger partial charge in [-0.1, -0.05) is 0 Å². The minimum Gasteiger partial charge on any atom is -0.481 e. The zero-order valence-electron chi connectivity index (χ0n) is 10.5. The summed E-state index contributed by atoms with van der Waals surface area (Å²) in [4.78, 5) is 11.0. The number of rotatable bonds is 8. The molecule has 1 heterocycles. The molecule has 0 atom stereocenters. The van der Waals surface area contributed by atoms with E-state index in [1.165, 1.54) is 26.4 Å². The van der Waals surface area contributed by atoms with Gasteiger partial charge in [-0.05, 0) is 12.1 Å². The van der Waals surface area contributed by atoms with Crippen molar-refractivity contribution in [2.45, 2.75) is 16.9 Å². The van der Waals surface area contributed by atoms with Gasteiger partial charge in [0.1, 0.15) is 4.21 Å². The van der Waals surface area contributed by atoms with Gasteiger partial charge in [-0.3, -0.25) is 4.79 Å². The fourth-order valence-corrected chi connectivity index (χ4v) is 3.67. The van der Waals surface area contributed by atoms with Crippen molar-refractivity contribution in [1.82, 2.24) is 4.72 Å². The van der Waals surface area contributed by atoms with E-state index in [1.807, 2.05) is 0 Å². The molecule has 0 spiro atoms. The lowest BCUT2D eigenvalue weighted by atomic mass is 10.3. The predicted octanol–water partition coefficient (Wildman–Crippen LogP) is 0.272. The second kappa shape index (κ2) is 6.96. The molecule has 0 unspecified atom stereocenters. The Bertz CT molecular complexity index is 520. The normalized spacial score (nSPS) is 11.9. The number of carboxylic acids is 1. The number of ether oxygens (including phenoxy) is 2. The van der Waals surface area contributed by atoms with Gasteiger partial charge in [0.05, 0.1) is 13.0 Å². The maximum atomic E-state index is 11.9. The van der Waals surface area contributed by atoms with E-state index in [0.717, 1.165) is 11.3 Å². The van der Waals surface area contributed by atoms with Gasteiger partial charge < -0.3 is 14.6 Å². The summed E-state index contributed by atoms with van der Waals surface area (Å²) >= 11 is 0.922. The molecule has 0 aliphatic heterocycles. The topological polar surface area (TPSA) is 102 Å². The maximum Gasteiger partial charge on any atom is 0.308 e. The first-order valence-corrected chi connectivity index (χ1v) is 7.54. The number of nitrogens with one attached hydrogen (secondary N) is 1. The SMILES string of the molecule is COC(CNS(=O)(=O)c1ccc(CC(=O)O)s1)OC. The summed E-state index contributed by atoms with van der Waals surface area (Å²) in [5, 5.41) is 8.63. The summed E-state index contributed by atoms with van der Waals surface area (Å²) in [5.41, 5.74) is 0. The van der Waals surface area contributed by atoms with E-state index in [0.29, 0.717) is 4.88 Å². The molecule has 1 aromatic heterocycles. The van der Waals surface area contributed by atoms with Gasteiger partial charge in [-0.15, -0.1) is 11.3 Å². The van der Waals surface area contributed by atoms with E-state index in [9.17, 15) is 13.2 Å². The Morgan fingerprint density at radius 3 is 2.58 bits per heavy atom. The van der Waals surface area contributed by atoms with Gasteiger partial charge in [-0.25, -0.2) is 13.1 Å². The Kier molecular flexibility index (Phi) is 5.88. The zero-order valence-corrected chi connectivity index (χ0v) is 12.1. The number of hydrogen-bond acceptors (Lipinski definition) is 6. The predicted molar refractivity (Wildman–Crippen MR) is 68.7 cm³/mol. The van der Waals surface area contributed by atoms with Crippen LogP contribution in [0.2, 0.25) is 0 Å². The van der Waals surface area contributed by atoms with E-state index in [1.54, 1.807) is 0 Å². The molecule has 0 saturated heterocycles. The summed E-state index contributed by atoms with van der Waals surface area (Å²) in [6.07, 6.45) is -0.868. The number of aliphatic carboxylic acids is 1. The van der Waals surface area contributed by atoms with Gasteiger partial charge in [0, 0.05) is 19.1 Å². The van der Waals surface area contributed by atoms with E-state index < -0.39 is 22.3 Å². The smallest absolute Gasteiger partial charge is 0.308 e. The van der Waals surface area contributed by atoms with Crippen LogP contribution in [0.4, 0.5) is 0 Å². The quantitative estimate of drug-likeness (QED) is 0.668. The second-order valence-electron chi connectivity index (χ2n) is 3.54. The van der Waals surface area contributed by atoms with E-state index >= 15 is 0 Å². The van der Waals surface area contributed by atoms with E-state index in [4.69, 9.17) is 14.6 Å². The molecule has 19 heavy (non-hydrogen) atoms. The average Bonchev–Trinajstić information content (AvgIpc) is 2.78. The standard InChI is InChI=1S/C10H15NO6S2/c1-16-9(17-2)6-11-19(14,15)10-4-3-7(18-10)5-8(12)13/h3-4,9,11H,5-6H2,1-2H3,(H,12,13). The highest BCUT2D eigenvalue weighted by Crippen LogP contribution is 2.21. The number of carboxylic acid groups (broad SMARTS) is 1. The molecule has 1 rings (SSSR count). The van der Waals surface area contributed by atoms with Gasteiger partial charge in [0.25, 0.3) is 0 Å². The van der Waals surface area contributed by atoms with Crippen LogP contribution in [0, 0.1) is 0 Å². The lowest BCUT2D eigenvalue weighted by Crippen LogP contribution is -2.33. The molecule has 0 fully saturated rings. The first-order valence-electron chi connectivity index (χ1n) is 5.25. The summed E-state index contributed by atoms with van der Waals surface area (Å²) in [6.45, 7) is -0.0263. The van der Waals surface area contributed by atoms with Crippen LogP contribution in [0.3, 0.4) is 0 Å². The highest BCUT2D eigenvalue weighted by atomic mass is 32.2. The Morgan fingerprint density at radius 1 is 1.42 bits per heavy atom. The first kappa shape index (κ1) is 16.1. The van der Waals surface area contributed by atoms with Crippen molar-refractivity contribution < 1.29 is 27.8 Å². The van der Waals surface area contributed by atoms with Crippen LogP contribution in [0.1, 0.15) is 4.88 Å². The Labute approximate surface area is 115 Å². The number of hydrogen-bond donors (Lipinski definition) is 2. The van der Waals surface area contributed by atoms with Crippen molar-refractivity contribution in [3.05, 3.63) is 17.0 Å². The third kappa shape index (κ3) is 4.88. The lowest BCUT2D eigenvalue weighted by Gasteiger charge is -2.13. The van der Waals surface area contributed by atoms with Crippen molar-refractivity contribution in [1.29, 1.82) is 0 Å². The lowest BCUT2D eigenvalue weighted by molar-refractivity contribution is -0.136. The van der Waals surface area contributed by atoms with Crippen LogP contribution < -0.4 is 4.72 Å². The summed E-state index contributed by atoms with van der Waals surface area (Å²) in [5.74, 6) is -1.00. The number of sulfonamides is 1. The maximum absolute atomic E-state index is 11.9. The molecule has 0 bridgehead atoms. The molecular formula is C10H15NO6S2. The van der Waals surface area contributed by atoms with Crippen molar-refractivity contribution in [3.8, 4) is 0 Å². The first-order chi connectivity index (χ1) is 8.89. The molecule has 1 aromatic rings. The molecular weight excluding hydrogens is 294 g/mol. The number of thiophene rings is 1. The van der Waals surface area contributed by atoms with Crippen molar-refractivity contribution in [2.75, 3.05) is 20.8 Å². The van der Waals surface area contributed by atoms with E-state index in [2.05, 4.69) is 4.72 Å². The molecule has 7 nitrogen and oxygen atoms in total. The molecule has 9 heteroatoms. The molecule has 0 amide bonds. The van der Waals surface area contributed by atoms with Crippen molar-refractivity contribution in [3.63, 3.8) is 0 Å². The number of methoxy groups -OCH3 is 2. The molecule has 0 aromatic carbocycles. The highest BCUT2D eigenvalue weighted by molar-refractivity contribution is 7.91. The largest absolute Gasteiger partial charge is 0.481 e. The van der Waals surface area contributed by atoms with Crippen molar-refractivity contribution >= 4 is 27.3 Å². The van der Waals surface area contributed by atoms with Crippen molar-refractivity contribution in [2.24, 2.45) is 0 Å². The minimum absolute atomic E-state index is 0.0263. The second-order valence-corrected chi connectivity index (χ2v) is 6.71. The summed E-state index contributed by atoms with van der Waals surface area (Å²) < 4.78 is 35.9. The van der Waals surface area contributed by atoms with Crippen LogP contribution >= 0.6 is 11.3 Å². The minimum atomic E-state index is -3.67. The van der Waals surface area contributed by atoms with E-state index in [-0.39, 0.29) is 17.2 Å². The average molecular weight is 309 g/mol. The van der Waals surface area contributed by atoms with Crippen LogP contribution in [-0.4, -0.2) is 46.5 Å². The molecule has 0 radical (unpaired) electrons. The third-order valence-electron chi connectivity index (χ3n) is 2.19. The van der Waals surface area contributed by atoms with Gasteiger partial charge in [0.15, 0.2) is 6.29 Å². The van der Waals surface area contributed by atoms with Gasteiger partial charge >= 0.3 is 5.97 Å². The fourth-order valence-electron chi connectivity index (χ4n) is 1.26. The van der Waals surface area contributed by atoms with Crippen LogP contribution in [0.25, 0.3) is 0 Å². The molecule has 0 aliphatic carbocycles. The third-order valence-corrected chi connectivity index (χ3v) is 5.19. The number of carbonyl (C=O) groups is 1. The van der Waals surface area contributed by atoms with Gasteiger partial charge in [0.2, 0.25) is 10.0 Å². The van der Waals surface area contributed by atoms with Crippen LogP contribution in [-0.2, 0) is 30.7 Å². The zero-order chi connectivity index (χ0) is 14.5. The van der Waals surface area contributed by atoms with Crippen LogP contribution in [0.5, 0.6) is 0 Å². The Morgan fingerprint density at radius 2 is 2.05 bits per heavy atom. The highest BCUT2D eigenvalue weighted by Gasteiger charge is 2.19. The van der Waals surface area contributed by atoms with Gasteiger partial charge in [-0.2, -0.15) is 0 Å². The monoisotopic (exact) mass is 309 g/mol. The molecule has 108 valence electrons.